The molecule has 21 heavy (non-hydrogen) atoms. The normalized spacial score (nSPS) is 22.9. The largest absolute Gasteiger partial charge is 0.372 e. The molecule has 1 fully saturated rings. The van der Waals surface area contributed by atoms with E-state index in [1.165, 1.54) is 0 Å². The maximum Gasteiger partial charge on any atom is 0.146 e. The molecular formula is C17H27FN2O. The molecule has 0 radical (unpaired) electrons. The highest BCUT2D eigenvalue weighted by molar-refractivity contribution is 5.49. The fraction of sp³-hybridized carbons (Fsp3) is 0.647. The summed E-state index contributed by atoms with van der Waals surface area (Å²) in [5.41, 5.74) is 1.68. The fourth-order valence-corrected chi connectivity index (χ4v) is 2.80. The van der Waals surface area contributed by atoms with Gasteiger partial charge in [0, 0.05) is 19.6 Å². The zero-order valence-corrected chi connectivity index (χ0v) is 13.5. The third kappa shape index (κ3) is 4.68. The van der Waals surface area contributed by atoms with E-state index in [1.807, 2.05) is 26.0 Å². The molecule has 2 atom stereocenters. The van der Waals surface area contributed by atoms with Gasteiger partial charge in [-0.15, -0.1) is 0 Å². The maximum absolute atomic E-state index is 14.4. The first-order valence-electron chi connectivity index (χ1n) is 7.85. The molecule has 4 heteroatoms. The summed E-state index contributed by atoms with van der Waals surface area (Å²) >= 11 is 0. The topological polar surface area (TPSA) is 24.5 Å². The summed E-state index contributed by atoms with van der Waals surface area (Å²) < 4.78 is 20.1. The predicted molar refractivity (Wildman–Crippen MR) is 85.2 cm³/mol. The van der Waals surface area contributed by atoms with Crippen molar-refractivity contribution in [3.8, 4) is 0 Å². The molecule has 0 bridgehead atoms. The molecule has 3 nitrogen and oxygen atoms in total. The zero-order chi connectivity index (χ0) is 15.4. The van der Waals surface area contributed by atoms with Gasteiger partial charge in [0.15, 0.2) is 0 Å². The quantitative estimate of drug-likeness (QED) is 0.902. The standard InChI is InChI=1S/C17H27FN2O/c1-12(2)8-19-9-15-5-6-17(16(18)7-15)20-10-13(3)21-14(4)11-20/h5-7,12-14,19H,8-11H2,1-4H3/t13-,14+. The number of benzene rings is 1. The van der Waals surface area contributed by atoms with E-state index in [2.05, 4.69) is 24.1 Å². The van der Waals surface area contributed by atoms with Crippen molar-refractivity contribution in [3.05, 3.63) is 29.6 Å². The smallest absolute Gasteiger partial charge is 0.146 e. The minimum Gasteiger partial charge on any atom is -0.372 e. The first-order valence-corrected chi connectivity index (χ1v) is 7.85. The Morgan fingerprint density at radius 1 is 1.29 bits per heavy atom. The monoisotopic (exact) mass is 294 g/mol. The highest BCUT2D eigenvalue weighted by Crippen LogP contribution is 2.24. The number of hydrogen-bond acceptors (Lipinski definition) is 3. The lowest BCUT2D eigenvalue weighted by molar-refractivity contribution is -0.00539. The van der Waals surface area contributed by atoms with Gasteiger partial charge < -0.3 is 15.0 Å². The summed E-state index contributed by atoms with van der Waals surface area (Å²) in [6, 6.07) is 5.55. The molecular weight excluding hydrogens is 267 g/mol. The number of anilines is 1. The summed E-state index contributed by atoms with van der Waals surface area (Å²) in [7, 11) is 0. The molecule has 1 heterocycles. The molecule has 1 aromatic carbocycles. The van der Waals surface area contributed by atoms with Gasteiger partial charge >= 0.3 is 0 Å². The van der Waals surface area contributed by atoms with E-state index < -0.39 is 0 Å². The van der Waals surface area contributed by atoms with Crippen molar-refractivity contribution in [3.63, 3.8) is 0 Å². The lowest BCUT2D eigenvalue weighted by atomic mass is 10.1. The van der Waals surface area contributed by atoms with Gasteiger partial charge in [0.05, 0.1) is 17.9 Å². The van der Waals surface area contributed by atoms with Crippen LogP contribution in [-0.4, -0.2) is 31.8 Å². The Morgan fingerprint density at radius 3 is 2.52 bits per heavy atom. The summed E-state index contributed by atoms with van der Waals surface area (Å²) in [6.45, 7) is 11.5. The van der Waals surface area contributed by atoms with Crippen LogP contribution in [0.2, 0.25) is 0 Å². The van der Waals surface area contributed by atoms with E-state index in [9.17, 15) is 4.39 Å². The first kappa shape index (κ1) is 16.2. The highest BCUT2D eigenvalue weighted by Gasteiger charge is 2.24. The van der Waals surface area contributed by atoms with E-state index in [1.54, 1.807) is 6.07 Å². The van der Waals surface area contributed by atoms with Crippen molar-refractivity contribution in [2.24, 2.45) is 5.92 Å². The van der Waals surface area contributed by atoms with Gasteiger partial charge in [-0.2, -0.15) is 0 Å². The van der Waals surface area contributed by atoms with Crippen LogP contribution in [0.3, 0.4) is 0 Å². The molecule has 1 aliphatic rings. The van der Waals surface area contributed by atoms with E-state index in [-0.39, 0.29) is 18.0 Å². The van der Waals surface area contributed by atoms with Gasteiger partial charge in [0.1, 0.15) is 5.82 Å². The molecule has 1 N–H and O–H groups in total. The Balaban J connectivity index is 2.01. The van der Waals surface area contributed by atoms with Gasteiger partial charge in [0.2, 0.25) is 0 Å². The minimum absolute atomic E-state index is 0.139. The van der Waals surface area contributed by atoms with Crippen molar-refractivity contribution in [2.75, 3.05) is 24.5 Å². The number of nitrogens with zero attached hydrogens (tertiary/aromatic N) is 1. The molecule has 1 aromatic rings. The molecule has 0 amide bonds. The number of morpholine rings is 1. The predicted octanol–water partition coefficient (Wildman–Crippen LogP) is 3.18. The molecule has 0 aliphatic carbocycles. The number of hydrogen-bond donors (Lipinski definition) is 1. The highest BCUT2D eigenvalue weighted by atomic mass is 19.1. The zero-order valence-electron chi connectivity index (χ0n) is 13.5. The van der Waals surface area contributed by atoms with E-state index >= 15 is 0 Å². The number of nitrogens with one attached hydrogen (secondary N) is 1. The molecule has 0 saturated carbocycles. The number of rotatable bonds is 5. The van der Waals surface area contributed by atoms with Gasteiger partial charge in [-0.05, 0) is 44.0 Å². The van der Waals surface area contributed by atoms with Crippen LogP contribution in [0.1, 0.15) is 33.3 Å². The van der Waals surface area contributed by atoms with Crippen LogP contribution in [0.4, 0.5) is 10.1 Å². The Bertz CT molecular complexity index is 454. The third-order valence-corrected chi connectivity index (χ3v) is 3.65. The van der Waals surface area contributed by atoms with E-state index in [0.29, 0.717) is 18.2 Å². The van der Waals surface area contributed by atoms with Crippen LogP contribution in [0.25, 0.3) is 0 Å². The van der Waals surface area contributed by atoms with Crippen LogP contribution in [0, 0.1) is 11.7 Å². The van der Waals surface area contributed by atoms with Crippen molar-refractivity contribution < 1.29 is 9.13 Å². The third-order valence-electron chi connectivity index (χ3n) is 3.65. The Morgan fingerprint density at radius 2 is 1.95 bits per heavy atom. The average molecular weight is 294 g/mol. The van der Waals surface area contributed by atoms with Crippen LogP contribution in [0.15, 0.2) is 18.2 Å². The van der Waals surface area contributed by atoms with Crippen molar-refractivity contribution >= 4 is 5.69 Å². The van der Waals surface area contributed by atoms with Crippen molar-refractivity contribution in [1.82, 2.24) is 5.32 Å². The van der Waals surface area contributed by atoms with Crippen LogP contribution >= 0.6 is 0 Å². The molecule has 118 valence electrons. The molecule has 2 rings (SSSR count). The Labute approximate surface area is 127 Å². The SMILES string of the molecule is CC(C)CNCc1ccc(N2C[C@@H](C)O[C@@H](C)C2)c(F)c1. The number of ether oxygens (including phenoxy) is 1. The van der Waals surface area contributed by atoms with Crippen molar-refractivity contribution in [1.29, 1.82) is 0 Å². The fourth-order valence-electron chi connectivity index (χ4n) is 2.80. The second kappa shape index (κ2) is 7.23. The Kier molecular flexibility index (Phi) is 5.59. The van der Waals surface area contributed by atoms with Crippen LogP contribution in [0.5, 0.6) is 0 Å². The summed E-state index contributed by atoms with van der Waals surface area (Å²) in [6.07, 6.45) is 0.279. The minimum atomic E-state index is -0.139. The lowest BCUT2D eigenvalue weighted by Crippen LogP contribution is -2.45. The second-order valence-corrected chi connectivity index (χ2v) is 6.47. The van der Waals surface area contributed by atoms with Gasteiger partial charge in [-0.1, -0.05) is 19.9 Å². The molecule has 1 saturated heterocycles. The van der Waals surface area contributed by atoms with Gasteiger partial charge in [-0.3, -0.25) is 0 Å². The summed E-state index contributed by atoms with van der Waals surface area (Å²) in [4.78, 5) is 2.08. The van der Waals surface area contributed by atoms with E-state index in [4.69, 9.17) is 4.74 Å². The van der Waals surface area contributed by atoms with Crippen molar-refractivity contribution in [2.45, 2.75) is 46.4 Å². The van der Waals surface area contributed by atoms with Crippen LogP contribution in [-0.2, 0) is 11.3 Å². The Hall–Kier alpha value is -1.13. The van der Waals surface area contributed by atoms with Gasteiger partial charge in [-0.25, -0.2) is 4.39 Å². The van der Waals surface area contributed by atoms with Crippen LogP contribution < -0.4 is 10.2 Å². The maximum atomic E-state index is 14.4. The molecule has 0 aromatic heterocycles. The van der Waals surface area contributed by atoms with Gasteiger partial charge in [0.25, 0.3) is 0 Å². The number of halogens is 1. The second-order valence-electron chi connectivity index (χ2n) is 6.47. The summed E-state index contributed by atoms with van der Waals surface area (Å²) in [5, 5.41) is 3.34. The van der Waals surface area contributed by atoms with E-state index in [0.717, 1.165) is 25.2 Å². The molecule has 0 unspecified atom stereocenters. The molecule has 1 aliphatic heterocycles. The summed E-state index contributed by atoms with van der Waals surface area (Å²) in [5.74, 6) is 0.464. The average Bonchev–Trinajstić information content (AvgIpc) is 2.37. The molecule has 0 spiro atoms. The first-order chi connectivity index (χ1) is 9.95. The lowest BCUT2D eigenvalue weighted by Gasteiger charge is -2.37.